The summed E-state index contributed by atoms with van der Waals surface area (Å²) < 4.78 is 27.8. The molecule has 180 valence electrons. The van der Waals surface area contributed by atoms with Crippen LogP contribution < -0.4 is 9.47 Å². The number of carbonyl (C=O) groups excluding carboxylic acids is 2. The Kier molecular flexibility index (Phi) is 9.29. The van der Waals surface area contributed by atoms with Crippen molar-refractivity contribution in [3.8, 4) is 11.5 Å². The second-order valence-electron chi connectivity index (χ2n) is 8.58. The van der Waals surface area contributed by atoms with Gasteiger partial charge in [0.15, 0.2) is 17.3 Å². The van der Waals surface area contributed by atoms with Crippen molar-refractivity contribution in [2.45, 2.75) is 46.3 Å². The highest BCUT2D eigenvalue weighted by Crippen LogP contribution is 2.36. The maximum atomic E-state index is 12.6. The Morgan fingerprint density at radius 2 is 1.94 bits per heavy atom. The van der Waals surface area contributed by atoms with Crippen LogP contribution in [0.1, 0.15) is 40.2 Å². The number of carbonyl (C=O) groups is 2. The van der Waals surface area contributed by atoms with Crippen LogP contribution in [0.2, 0.25) is 0 Å². The first-order chi connectivity index (χ1) is 15.6. The molecule has 2 rings (SSSR count). The molecule has 1 aromatic carbocycles. The number of hydrogen-bond acceptors (Lipinski definition) is 7. The van der Waals surface area contributed by atoms with Gasteiger partial charge < -0.3 is 23.7 Å². The topological polar surface area (TPSA) is 80.3 Å². The summed E-state index contributed by atoms with van der Waals surface area (Å²) in [5.41, 5.74) is 1.47. The second kappa shape index (κ2) is 11.7. The molecule has 33 heavy (non-hydrogen) atoms. The fourth-order valence-electron chi connectivity index (χ4n) is 3.17. The third kappa shape index (κ3) is 7.22. The van der Waals surface area contributed by atoms with Gasteiger partial charge in [0, 0.05) is 0 Å². The standard InChI is InChI=1S/C26H34O7/c1-17(2)12-13-31-24-16-32-22-11-9-19(14-23(22)33-26(24,4)5)8-10-21(27)18(3)20(15-29-6)25(28)30-7/h8-12,14-15,18,24H,13,16H2,1-7H3. The van der Waals surface area contributed by atoms with E-state index in [2.05, 4.69) is 0 Å². The van der Waals surface area contributed by atoms with Crippen LogP contribution >= 0.6 is 0 Å². The summed E-state index contributed by atoms with van der Waals surface area (Å²) in [7, 11) is 2.67. The van der Waals surface area contributed by atoms with E-state index in [-0.39, 0.29) is 17.5 Å². The average Bonchev–Trinajstić information content (AvgIpc) is 2.89. The summed E-state index contributed by atoms with van der Waals surface area (Å²) >= 11 is 0. The summed E-state index contributed by atoms with van der Waals surface area (Å²) in [6.07, 6.45) is 6.08. The zero-order valence-corrected chi connectivity index (χ0v) is 20.5. The van der Waals surface area contributed by atoms with Gasteiger partial charge in [0.2, 0.25) is 0 Å². The summed E-state index contributed by atoms with van der Waals surface area (Å²) in [6, 6.07) is 5.46. The lowest BCUT2D eigenvalue weighted by molar-refractivity contribution is -0.137. The number of benzene rings is 1. The first-order valence-electron chi connectivity index (χ1n) is 10.8. The molecule has 0 saturated heterocycles. The van der Waals surface area contributed by atoms with Crippen molar-refractivity contribution in [3.05, 3.63) is 53.3 Å². The van der Waals surface area contributed by atoms with Crippen molar-refractivity contribution < 1.29 is 33.3 Å². The predicted molar refractivity (Wildman–Crippen MR) is 126 cm³/mol. The third-order valence-electron chi connectivity index (χ3n) is 5.29. The minimum absolute atomic E-state index is 0.147. The van der Waals surface area contributed by atoms with Gasteiger partial charge in [0.25, 0.3) is 0 Å². The van der Waals surface area contributed by atoms with Gasteiger partial charge in [-0.1, -0.05) is 30.7 Å². The predicted octanol–water partition coefficient (Wildman–Crippen LogP) is 4.51. The van der Waals surface area contributed by atoms with E-state index in [9.17, 15) is 9.59 Å². The normalized spacial score (nSPS) is 18.3. The van der Waals surface area contributed by atoms with Gasteiger partial charge in [0.05, 0.1) is 38.6 Å². The number of rotatable bonds is 9. The smallest absolute Gasteiger partial charge is 0.337 e. The van der Waals surface area contributed by atoms with E-state index >= 15 is 0 Å². The number of methoxy groups -OCH3 is 2. The molecule has 7 nitrogen and oxygen atoms in total. The molecule has 0 bridgehead atoms. The van der Waals surface area contributed by atoms with Gasteiger partial charge >= 0.3 is 5.97 Å². The number of fused-ring (bicyclic) bond motifs is 1. The average molecular weight is 459 g/mol. The zero-order valence-electron chi connectivity index (χ0n) is 20.5. The highest BCUT2D eigenvalue weighted by atomic mass is 16.6. The SMILES string of the molecule is COC=C(C(=O)OC)C(C)C(=O)C=Cc1ccc2c(c1)OC(C)(C)C(OCC=C(C)C)CO2. The summed E-state index contributed by atoms with van der Waals surface area (Å²) in [6.45, 7) is 10.4. The van der Waals surface area contributed by atoms with E-state index in [0.717, 1.165) is 5.56 Å². The van der Waals surface area contributed by atoms with Crippen LogP contribution in [0.3, 0.4) is 0 Å². The molecule has 1 aliphatic heterocycles. The molecule has 0 aliphatic carbocycles. The van der Waals surface area contributed by atoms with Gasteiger partial charge in [-0.25, -0.2) is 4.79 Å². The number of ether oxygens (including phenoxy) is 5. The number of esters is 1. The molecule has 1 heterocycles. The Balaban J connectivity index is 2.16. The summed E-state index contributed by atoms with van der Waals surface area (Å²) in [5.74, 6) is -0.393. The molecule has 7 heteroatoms. The van der Waals surface area contributed by atoms with E-state index in [4.69, 9.17) is 23.7 Å². The quantitative estimate of drug-likeness (QED) is 0.233. The van der Waals surface area contributed by atoms with Crippen molar-refractivity contribution in [2.75, 3.05) is 27.4 Å². The molecule has 0 radical (unpaired) electrons. The Bertz CT molecular complexity index is 936. The van der Waals surface area contributed by atoms with Gasteiger partial charge in [-0.05, 0) is 51.5 Å². The molecular formula is C26H34O7. The van der Waals surface area contributed by atoms with Crippen molar-refractivity contribution in [2.24, 2.45) is 5.92 Å². The van der Waals surface area contributed by atoms with E-state index in [1.165, 1.54) is 32.1 Å². The molecule has 0 aromatic heterocycles. The van der Waals surface area contributed by atoms with Crippen LogP contribution in [-0.2, 0) is 23.8 Å². The van der Waals surface area contributed by atoms with E-state index in [1.54, 1.807) is 13.0 Å². The van der Waals surface area contributed by atoms with Crippen molar-refractivity contribution in [1.29, 1.82) is 0 Å². The lowest BCUT2D eigenvalue weighted by atomic mass is 9.96. The Morgan fingerprint density at radius 3 is 2.58 bits per heavy atom. The maximum absolute atomic E-state index is 12.6. The highest BCUT2D eigenvalue weighted by molar-refractivity contribution is 6.03. The first kappa shape index (κ1) is 26.2. The van der Waals surface area contributed by atoms with Crippen LogP contribution in [0.15, 0.2) is 47.8 Å². The van der Waals surface area contributed by atoms with Crippen LogP contribution in [0, 0.1) is 5.92 Å². The highest BCUT2D eigenvalue weighted by Gasteiger charge is 2.36. The molecule has 0 N–H and O–H groups in total. The van der Waals surface area contributed by atoms with Crippen LogP contribution in [-0.4, -0.2) is 50.9 Å². The van der Waals surface area contributed by atoms with E-state index in [0.29, 0.717) is 24.7 Å². The molecule has 1 aromatic rings. The Hall–Kier alpha value is -3.06. The van der Waals surface area contributed by atoms with E-state index < -0.39 is 17.5 Å². The minimum Gasteiger partial charge on any atom is -0.504 e. The van der Waals surface area contributed by atoms with Gasteiger partial charge in [0.1, 0.15) is 18.3 Å². The molecule has 0 spiro atoms. The van der Waals surface area contributed by atoms with Gasteiger partial charge in [-0.2, -0.15) is 0 Å². The van der Waals surface area contributed by atoms with E-state index in [1.807, 2.05) is 52.0 Å². The summed E-state index contributed by atoms with van der Waals surface area (Å²) in [4.78, 5) is 24.5. The van der Waals surface area contributed by atoms with Crippen molar-refractivity contribution in [1.82, 2.24) is 0 Å². The Labute approximate surface area is 196 Å². The van der Waals surface area contributed by atoms with Crippen LogP contribution in [0.5, 0.6) is 11.5 Å². The molecule has 0 amide bonds. The molecule has 2 atom stereocenters. The largest absolute Gasteiger partial charge is 0.504 e. The Morgan fingerprint density at radius 1 is 1.21 bits per heavy atom. The lowest BCUT2D eigenvalue weighted by Crippen LogP contribution is -2.45. The van der Waals surface area contributed by atoms with Crippen LogP contribution in [0.25, 0.3) is 6.08 Å². The number of allylic oxidation sites excluding steroid dienone is 2. The molecule has 0 fully saturated rings. The minimum atomic E-state index is -0.716. The summed E-state index contributed by atoms with van der Waals surface area (Å²) in [5, 5.41) is 0. The van der Waals surface area contributed by atoms with Gasteiger partial charge in [-0.15, -0.1) is 0 Å². The zero-order chi connectivity index (χ0) is 24.6. The molecule has 1 aliphatic rings. The fraction of sp³-hybridized carbons (Fsp3) is 0.462. The molecule has 2 unspecified atom stereocenters. The van der Waals surface area contributed by atoms with Gasteiger partial charge in [-0.3, -0.25) is 4.79 Å². The molecular weight excluding hydrogens is 424 g/mol. The third-order valence-corrected chi connectivity index (χ3v) is 5.29. The first-order valence-corrected chi connectivity index (χ1v) is 10.8. The van der Waals surface area contributed by atoms with Crippen LogP contribution in [0.4, 0.5) is 0 Å². The fourth-order valence-corrected chi connectivity index (χ4v) is 3.17. The maximum Gasteiger partial charge on any atom is 0.337 e. The molecule has 0 saturated carbocycles. The second-order valence-corrected chi connectivity index (χ2v) is 8.58. The number of ketones is 1. The van der Waals surface area contributed by atoms with Crippen molar-refractivity contribution in [3.63, 3.8) is 0 Å². The van der Waals surface area contributed by atoms with Crippen molar-refractivity contribution >= 4 is 17.8 Å². The monoisotopic (exact) mass is 458 g/mol. The number of hydrogen-bond donors (Lipinski definition) is 0. The lowest BCUT2D eigenvalue weighted by Gasteiger charge is -2.31.